The average molecular weight is 409 g/mol. The smallest absolute Gasteiger partial charge is 0.240 e. The minimum absolute atomic E-state index is 0.293. The molecular formula is C16H23N7O6. The standard InChI is InChI=1S/C16H23N7O6/c24-3-7-9(22-15(28)8-6(25)1-2-17-8)11(26)12(27)16(29-7)23-14-10-13(19-4-18-10)20-5-21-14/h4-9,11-12,16-17,24-27H,1-3H2,(H,22,28)(H2,18,19,20,21,23)/t6-,7+,8-,9+,11-,12+,16+/m1/s1. The van der Waals surface area contributed by atoms with Crippen LogP contribution in [-0.2, 0) is 9.53 Å². The molecule has 4 rings (SSSR count). The summed E-state index contributed by atoms with van der Waals surface area (Å²) in [4.78, 5) is 27.4. The lowest BCUT2D eigenvalue weighted by Crippen LogP contribution is -2.67. The summed E-state index contributed by atoms with van der Waals surface area (Å²) in [6, 6.07) is -1.91. The van der Waals surface area contributed by atoms with Crippen molar-refractivity contribution in [2.24, 2.45) is 0 Å². The van der Waals surface area contributed by atoms with Gasteiger partial charge in [0.1, 0.15) is 36.2 Å². The molecule has 0 aliphatic carbocycles. The van der Waals surface area contributed by atoms with Gasteiger partial charge in [-0.1, -0.05) is 0 Å². The molecule has 13 heteroatoms. The Morgan fingerprint density at radius 1 is 1.24 bits per heavy atom. The molecule has 0 unspecified atom stereocenters. The molecule has 2 aliphatic rings. The highest BCUT2D eigenvalue weighted by molar-refractivity contribution is 5.83. The van der Waals surface area contributed by atoms with Crippen LogP contribution in [-0.4, -0.2) is 102 Å². The summed E-state index contributed by atoms with van der Waals surface area (Å²) in [5.41, 5.74) is 0.884. The molecule has 8 N–H and O–H groups in total. The van der Waals surface area contributed by atoms with E-state index in [4.69, 9.17) is 4.74 Å². The van der Waals surface area contributed by atoms with E-state index < -0.39 is 55.2 Å². The van der Waals surface area contributed by atoms with Crippen LogP contribution in [0.4, 0.5) is 5.82 Å². The Kier molecular flexibility index (Phi) is 5.58. The predicted molar refractivity (Wildman–Crippen MR) is 97.4 cm³/mol. The zero-order valence-corrected chi connectivity index (χ0v) is 15.3. The van der Waals surface area contributed by atoms with Gasteiger partial charge in [0.05, 0.1) is 25.1 Å². The highest BCUT2D eigenvalue weighted by Gasteiger charge is 2.46. The maximum absolute atomic E-state index is 12.4. The number of aliphatic hydroxyl groups is 4. The second kappa shape index (κ2) is 8.14. The van der Waals surface area contributed by atoms with Crippen LogP contribution < -0.4 is 16.0 Å². The molecule has 0 radical (unpaired) electrons. The van der Waals surface area contributed by atoms with Gasteiger partial charge in [-0.15, -0.1) is 0 Å². The molecule has 29 heavy (non-hydrogen) atoms. The van der Waals surface area contributed by atoms with Gasteiger partial charge in [0, 0.05) is 0 Å². The molecule has 158 valence electrons. The van der Waals surface area contributed by atoms with Crippen molar-refractivity contribution >= 4 is 22.9 Å². The summed E-state index contributed by atoms with van der Waals surface area (Å²) >= 11 is 0. The number of carbonyl (C=O) groups is 1. The number of ether oxygens (including phenoxy) is 1. The molecule has 0 saturated carbocycles. The van der Waals surface area contributed by atoms with Crippen LogP contribution in [0.15, 0.2) is 12.7 Å². The Morgan fingerprint density at radius 2 is 2.07 bits per heavy atom. The van der Waals surface area contributed by atoms with E-state index in [0.29, 0.717) is 29.9 Å². The fourth-order valence-corrected chi connectivity index (χ4v) is 3.64. The van der Waals surface area contributed by atoms with E-state index in [1.807, 2.05) is 0 Å². The van der Waals surface area contributed by atoms with E-state index in [9.17, 15) is 25.2 Å². The van der Waals surface area contributed by atoms with Crippen molar-refractivity contribution in [1.29, 1.82) is 0 Å². The molecule has 2 saturated heterocycles. The number of amides is 1. The fraction of sp³-hybridized carbons (Fsp3) is 0.625. The number of aromatic amines is 1. The third kappa shape index (κ3) is 3.75. The normalized spacial score (nSPS) is 35.0. The Hall–Kier alpha value is -2.42. The van der Waals surface area contributed by atoms with Gasteiger partial charge in [0.15, 0.2) is 17.7 Å². The molecule has 0 spiro atoms. The van der Waals surface area contributed by atoms with Crippen molar-refractivity contribution in [1.82, 2.24) is 30.6 Å². The van der Waals surface area contributed by atoms with Crippen molar-refractivity contribution in [3.63, 3.8) is 0 Å². The minimum atomic E-state index is -1.45. The first-order valence-electron chi connectivity index (χ1n) is 9.24. The quantitative estimate of drug-likeness (QED) is 0.243. The van der Waals surface area contributed by atoms with E-state index in [-0.39, 0.29) is 0 Å². The van der Waals surface area contributed by atoms with Crippen LogP contribution in [0.2, 0.25) is 0 Å². The number of carbonyl (C=O) groups excluding carboxylic acids is 1. The topological polar surface area (TPSA) is 198 Å². The van der Waals surface area contributed by atoms with Crippen molar-refractivity contribution in [3.05, 3.63) is 12.7 Å². The van der Waals surface area contributed by atoms with E-state index >= 15 is 0 Å². The fourth-order valence-electron chi connectivity index (χ4n) is 3.64. The number of H-pyrrole nitrogens is 1. The van der Waals surface area contributed by atoms with Gasteiger partial charge in [0.2, 0.25) is 5.91 Å². The monoisotopic (exact) mass is 409 g/mol. The van der Waals surface area contributed by atoms with Gasteiger partial charge in [-0.2, -0.15) is 0 Å². The average Bonchev–Trinajstić information content (AvgIpc) is 3.36. The van der Waals surface area contributed by atoms with Gasteiger partial charge in [-0.3, -0.25) is 4.79 Å². The molecule has 7 atom stereocenters. The summed E-state index contributed by atoms with van der Waals surface area (Å²) in [5, 5.41) is 49.0. The number of aliphatic hydroxyl groups excluding tert-OH is 4. The molecular weight excluding hydrogens is 386 g/mol. The zero-order chi connectivity index (χ0) is 20.5. The zero-order valence-electron chi connectivity index (χ0n) is 15.3. The number of rotatable bonds is 5. The number of anilines is 1. The molecule has 13 nitrogen and oxygen atoms in total. The summed E-state index contributed by atoms with van der Waals surface area (Å²) in [6.45, 7) is -0.0289. The van der Waals surface area contributed by atoms with Gasteiger partial charge in [0.25, 0.3) is 0 Å². The minimum Gasteiger partial charge on any atom is -0.394 e. The van der Waals surface area contributed by atoms with Crippen molar-refractivity contribution < 1.29 is 30.0 Å². The number of hydrogen-bond donors (Lipinski definition) is 8. The molecule has 0 aromatic carbocycles. The molecule has 0 bridgehead atoms. The Bertz CT molecular complexity index is 863. The van der Waals surface area contributed by atoms with E-state index in [2.05, 4.69) is 35.9 Å². The Morgan fingerprint density at radius 3 is 2.79 bits per heavy atom. The van der Waals surface area contributed by atoms with Crippen LogP contribution in [0.25, 0.3) is 11.2 Å². The van der Waals surface area contributed by atoms with Crippen LogP contribution in [0.1, 0.15) is 6.42 Å². The summed E-state index contributed by atoms with van der Waals surface area (Å²) in [5.74, 6) is -0.254. The van der Waals surface area contributed by atoms with E-state index in [1.54, 1.807) is 0 Å². The lowest BCUT2D eigenvalue weighted by molar-refractivity contribution is -0.185. The maximum Gasteiger partial charge on any atom is 0.240 e. The van der Waals surface area contributed by atoms with Crippen molar-refractivity contribution in [2.75, 3.05) is 18.5 Å². The Labute approximate surface area is 164 Å². The molecule has 2 fully saturated rings. The molecule has 2 aromatic heterocycles. The van der Waals surface area contributed by atoms with Gasteiger partial charge in [-0.25, -0.2) is 15.0 Å². The first kappa shape index (κ1) is 19.9. The SMILES string of the molecule is O=C(N[C@@H]1[C@@H](O)[C@H](O)[C@@H](Nc2ncnc3nc[nH]c23)O[C@H]1CO)[C@@H]1NCC[C@H]1O. The third-order valence-electron chi connectivity index (χ3n) is 5.21. The second-order valence-electron chi connectivity index (χ2n) is 7.05. The summed E-state index contributed by atoms with van der Waals surface area (Å²) in [7, 11) is 0. The van der Waals surface area contributed by atoms with Crippen LogP contribution in [0, 0.1) is 0 Å². The Balaban J connectivity index is 1.48. The van der Waals surface area contributed by atoms with Crippen LogP contribution in [0.5, 0.6) is 0 Å². The lowest BCUT2D eigenvalue weighted by atomic mass is 9.95. The molecule has 1 amide bonds. The first-order valence-corrected chi connectivity index (χ1v) is 9.24. The largest absolute Gasteiger partial charge is 0.394 e. The van der Waals surface area contributed by atoms with Gasteiger partial charge in [-0.05, 0) is 13.0 Å². The van der Waals surface area contributed by atoms with Gasteiger partial charge < -0.3 is 46.1 Å². The highest BCUT2D eigenvalue weighted by Crippen LogP contribution is 2.24. The first-order chi connectivity index (χ1) is 14.0. The van der Waals surface area contributed by atoms with Crippen molar-refractivity contribution in [3.8, 4) is 0 Å². The molecule has 4 heterocycles. The number of aromatic nitrogens is 4. The highest BCUT2D eigenvalue weighted by atomic mass is 16.5. The second-order valence-corrected chi connectivity index (χ2v) is 7.05. The van der Waals surface area contributed by atoms with E-state index in [0.717, 1.165) is 0 Å². The number of fused-ring (bicyclic) bond motifs is 1. The third-order valence-corrected chi connectivity index (χ3v) is 5.21. The van der Waals surface area contributed by atoms with Crippen LogP contribution >= 0.6 is 0 Å². The van der Waals surface area contributed by atoms with E-state index in [1.165, 1.54) is 12.7 Å². The number of hydrogen-bond acceptors (Lipinski definition) is 11. The summed E-state index contributed by atoms with van der Waals surface area (Å²) in [6.07, 6.45) is -2.72. The predicted octanol–water partition coefficient (Wildman–Crippen LogP) is -3.59. The van der Waals surface area contributed by atoms with Gasteiger partial charge >= 0.3 is 0 Å². The summed E-state index contributed by atoms with van der Waals surface area (Å²) < 4.78 is 5.69. The molecule has 2 aromatic rings. The lowest BCUT2D eigenvalue weighted by Gasteiger charge is -2.43. The maximum atomic E-state index is 12.4. The molecule has 2 aliphatic heterocycles. The van der Waals surface area contributed by atoms with Crippen molar-refractivity contribution in [2.45, 2.75) is 49.1 Å². The number of imidazole rings is 1. The number of nitrogens with zero attached hydrogens (tertiary/aromatic N) is 3. The number of nitrogens with one attached hydrogen (secondary N) is 4. The van der Waals surface area contributed by atoms with Crippen LogP contribution in [0.3, 0.4) is 0 Å².